The summed E-state index contributed by atoms with van der Waals surface area (Å²) in [5, 5.41) is 51.1. The molecule has 14 amide bonds. The molecule has 107 heavy (non-hydrogen) atoms. The largest absolute Gasteiger partial charge is 0.391 e. The van der Waals surface area contributed by atoms with Gasteiger partial charge in [-0.15, -0.1) is 0 Å². The number of benzene rings is 2. The number of aliphatic imine (C=N–C) groups is 1. The van der Waals surface area contributed by atoms with Gasteiger partial charge in [-0.2, -0.15) is 0 Å². The Bertz CT molecular complexity index is 3740. The molecule has 584 valence electrons. The fraction of sp³-hybridized carbons (Fsp3) is 0.536. The molecule has 0 bridgehead atoms. The van der Waals surface area contributed by atoms with Crippen molar-refractivity contribution in [1.82, 2.24) is 78.3 Å². The lowest BCUT2D eigenvalue weighted by atomic mass is 10.0. The number of aromatic nitrogens is 3. The summed E-state index contributed by atoms with van der Waals surface area (Å²) in [4.78, 5) is 212. The molecular weight excluding hydrogens is 1390 g/mol. The number of aromatic amines is 2. The van der Waals surface area contributed by atoms with Crippen molar-refractivity contribution in [3.05, 3.63) is 90.1 Å². The monoisotopic (exact) mass is 1490 g/mol. The molecule has 0 aliphatic carbocycles. The van der Waals surface area contributed by atoms with Gasteiger partial charge < -0.3 is 118 Å². The van der Waals surface area contributed by atoms with Gasteiger partial charge in [-0.25, -0.2) is 4.98 Å². The van der Waals surface area contributed by atoms with Crippen LogP contribution in [0.5, 0.6) is 0 Å². The molecule has 0 saturated carbocycles. The first-order chi connectivity index (χ1) is 51.1. The smallest absolute Gasteiger partial charge is 0.245 e. The highest BCUT2D eigenvalue weighted by molar-refractivity contribution is 6.00. The van der Waals surface area contributed by atoms with Crippen LogP contribution in [0.25, 0.3) is 10.9 Å². The number of nitrogens with two attached hydrogens (primary N) is 6. The molecule has 13 atom stereocenters. The third kappa shape index (κ3) is 27.1. The second kappa shape index (κ2) is 42.7. The van der Waals surface area contributed by atoms with E-state index in [1.807, 2.05) is 18.2 Å². The van der Waals surface area contributed by atoms with Crippen molar-refractivity contribution in [2.75, 3.05) is 32.7 Å². The van der Waals surface area contributed by atoms with Crippen LogP contribution in [0.2, 0.25) is 0 Å². The Hall–Kier alpha value is -11.1. The highest BCUT2D eigenvalue weighted by Crippen LogP contribution is 2.23. The molecule has 2 aliphatic heterocycles. The summed E-state index contributed by atoms with van der Waals surface area (Å²) in [5.41, 5.74) is 36.1. The molecule has 0 spiro atoms. The number of hydrogen-bond donors (Lipinski definition) is 21. The number of aliphatic hydroxyl groups is 2. The Labute approximate surface area is 616 Å². The third-order valence-corrected chi connectivity index (χ3v) is 18.0. The number of fused-ring (bicyclic) bond motifs is 2. The zero-order valence-corrected chi connectivity index (χ0v) is 59.9. The van der Waals surface area contributed by atoms with Crippen LogP contribution in [0.3, 0.4) is 0 Å². The molecule has 2 aromatic heterocycles. The van der Waals surface area contributed by atoms with Crippen molar-refractivity contribution in [2.24, 2.45) is 39.4 Å². The summed E-state index contributed by atoms with van der Waals surface area (Å²) in [5.74, 6) is -13.0. The molecule has 2 fully saturated rings. The number of unbranched alkanes of at least 4 members (excludes halogenated alkanes) is 1. The van der Waals surface area contributed by atoms with Gasteiger partial charge in [0.1, 0.15) is 66.5 Å². The van der Waals surface area contributed by atoms with Crippen molar-refractivity contribution in [2.45, 2.75) is 202 Å². The topological polar surface area (TPSA) is 628 Å². The Morgan fingerprint density at radius 1 is 0.692 bits per heavy atom. The minimum Gasteiger partial charge on any atom is -0.391 e. The van der Waals surface area contributed by atoms with Crippen LogP contribution in [-0.4, -0.2) is 230 Å². The first kappa shape index (κ1) is 84.8. The van der Waals surface area contributed by atoms with Gasteiger partial charge in [-0.05, 0) is 88.4 Å². The number of guanidine groups is 1. The van der Waals surface area contributed by atoms with Gasteiger partial charge in [0.2, 0.25) is 82.7 Å². The lowest BCUT2D eigenvalue weighted by Crippen LogP contribution is -2.61. The zero-order chi connectivity index (χ0) is 78.3. The standard InChI is InChI=1S/C69H102N22O16/c1-3-4-16-45(82-62(101)48(24-25-70)84-65(104)52(30-40-34-76-36-80-40)88-61(100)47(20-22-54(72)94)85-67(106)57(37(2)92)90-56(96)32-71)59(98)86-49-21-23-55(95)77-26-11-10-18-44(58(73)97)81-64(103)51(29-39-33-79-43-17-9-8-15-42(39)43)87-60(99)46(19-12-27-78-69(74)75)83-63(102)50(28-38-13-6-5-7-14-38)89-66(105)53-31-41(93)35-91(53)68(49)107/h5-9,13-15,17,33-34,36-37,41,44-53,57,79,92-93H,3-4,10-12,16,18-32,35,70-71H2,1-2H3,(H2,72,94)(H2,73,97)(H,76,80)(H,77,95)(H,81,103)(H,82,101)(H,83,102)(H,84,104)(H,85,106)(H,86,98)(H,87,99)(H,88,100)(H,89,105)(H,90,96)(H4,74,75,78)/t37?,41-,44+,45+,46+,47+,48+,49?,50-,51+,52+,53+,57?/m1/s1. The summed E-state index contributed by atoms with van der Waals surface area (Å²) in [6, 6.07) is -1.03. The normalized spacial score (nSPS) is 21.1. The predicted molar refractivity (Wildman–Crippen MR) is 387 cm³/mol. The van der Waals surface area contributed by atoms with Gasteiger partial charge in [-0.1, -0.05) is 68.3 Å². The van der Waals surface area contributed by atoms with Crippen LogP contribution in [0, 0.1) is 0 Å². The molecule has 2 aliphatic rings. The summed E-state index contributed by atoms with van der Waals surface area (Å²) < 4.78 is 0. The van der Waals surface area contributed by atoms with Gasteiger partial charge in [0, 0.05) is 87.1 Å². The molecule has 3 unspecified atom stereocenters. The van der Waals surface area contributed by atoms with E-state index < -0.39 is 200 Å². The van der Waals surface area contributed by atoms with Crippen LogP contribution < -0.4 is 92.9 Å². The SMILES string of the molecule is CCCC[C@H](NC(=O)[C@H](CCN)NC(=O)[C@H](Cc1cnc[nH]1)NC(=O)[C@H](CCC(N)=O)NC(=O)C(NC(=O)CN)C(C)O)C(=O)NC1CCC(=O)NCCCC[C@@H](C(N)=O)NC(=O)[C@H](Cc2c[nH]c3ccccc23)NC(=O)[C@H](CCCN=C(N)N)NC(=O)[C@@H](Cc2ccccc2)NC(=O)[C@@H]2C[C@@H](O)CN2C1=O. The predicted octanol–water partition coefficient (Wildman–Crippen LogP) is -6.51. The molecule has 2 saturated heterocycles. The maximum absolute atomic E-state index is 15.3. The summed E-state index contributed by atoms with van der Waals surface area (Å²) in [6.07, 6.45) is -0.575. The molecule has 27 N–H and O–H groups in total. The minimum atomic E-state index is -1.67. The first-order valence-electron chi connectivity index (χ1n) is 35.6. The average Bonchev–Trinajstić information content (AvgIpc) is 1.70. The van der Waals surface area contributed by atoms with E-state index in [0.717, 1.165) is 15.8 Å². The van der Waals surface area contributed by atoms with E-state index in [2.05, 4.69) is 78.4 Å². The minimum absolute atomic E-state index is 0.000101. The molecule has 6 rings (SSSR count). The Morgan fingerprint density at radius 3 is 1.97 bits per heavy atom. The summed E-state index contributed by atoms with van der Waals surface area (Å²) in [7, 11) is 0. The Morgan fingerprint density at radius 2 is 1.32 bits per heavy atom. The highest BCUT2D eigenvalue weighted by Gasteiger charge is 2.44. The molecule has 4 heterocycles. The fourth-order valence-electron chi connectivity index (χ4n) is 12.2. The van der Waals surface area contributed by atoms with E-state index in [0.29, 0.717) is 23.2 Å². The lowest BCUT2D eigenvalue weighted by Gasteiger charge is -2.31. The van der Waals surface area contributed by atoms with E-state index in [-0.39, 0.29) is 103 Å². The van der Waals surface area contributed by atoms with Crippen LogP contribution >= 0.6 is 0 Å². The van der Waals surface area contributed by atoms with E-state index in [1.54, 1.807) is 49.5 Å². The maximum Gasteiger partial charge on any atom is 0.245 e. The van der Waals surface area contributed by atoms with Crippen molar-refractivity contribution in [3.63, 3.8) is 0 Å². The van der Waals surface area contributed by atoms with E-state index in [9.17, 15) is 72.5 Å². The fourth-order valence-corrected chi connectivity index (χ4v) is 12.2. The third-order valence-electron chi connectivity index (χ3n) is 18.0. The lowest BCUT2D eigenvalue weighted by molar-refractivity contribution is -0.143. The molecule has 38 nitrogen and oxygen atoms in total. The number of nitrogens with zero attached hydrogens (tertiary/aromatic N) is 3. The van der Waals surface area contributed by atoms with E-state index in [4.69, 9.17) is 34.4 Å². The van der Waals surface area contributed by atoms with Crippen LogP contribution in [-0.2, 0) is 86.4 Å². The Balaban J connectivity index is 1.30. The van der Waals surface area contributed by atoms with Crippen molar-refractivity contribution < 1.29 is 77.3 Å². The average molecular weight is 1500 g/mol. The summed E-state index contributed by atoms with van der Waals surface area (Å²) in [6.45, 7) is 1.70. The molecule has 38 heteroatoms. The Kier molecular flexibility index (Phi) is 33.9. The van der Waals surface area contributed by atoms with Crippen molar-refractivity contribution in [1.29, 1.82) is 0 Å². The number of carbonyl (C=O) groups is 14. The van der Waals surface area contributed by atoms with Gasteiger partial charge >= 0.3 is 0 Å². The van der Waals surface area contributed by atoms with Crippen LogP contribution in [0.15, 0.2) is 78.3 Å². The van der Waals surface area contributed by atoms with Crippen molar-refractivity contribution >= 4 is 99.6 Å². The van der Waals surface area contributed by atoms with Crippen molar-refractivity contribution in [3.8, 4) is 0 Å². The van der Waals surface area contributed by atoms with Crippen LogP contribution in [0.4, 0.5) is 0 Å². The van der Waals surface area contributed by atoms with Crippen LogP contribution in [0.1, 0.15) is 121 Å². The van der Waals surface area contributed by atoms with Gasteiger partial charge in [-0.3, -0.25) is 72.1 Å². The number of imidazole rings is 1. The quantitative estimate of drug-likeness (QED) is 0.0123. The number of amides is 14. The van der Waals surface area contributed by atoms with E-state index >= 15 is 4.79 Å². The maximum atomic E-state index is 15.3. The first-order valence-corrected chi connectivity index (χ1v) is 35.6. The number of primary amides is 2. The second-order valence-electron chi connectivity index (χ2n) is 26.4. The molecule has 0 radical (unpaired) electrons. The molecular formula is C69H102N22O16. The van der Waals surface area contributed by atoms with Gasteiger partial charge in [0.15, 0.2) is 5.96 Å². The number of nitrogens with one attached hydrogen (secondary N) is 13. The highest BCUT2D eigenvalue weighted by atomic mass is 16.3. The van der Waals surface area contributed by atoms with Gasteiger partial charge in [0.25, 0.3) is 0 Å². The van der Waals surface area contributed by atoms with Gasteiger partial charge in [0.05, 0.1) is 25.1 Å². The summed E-state index contributed by atoms with van der Waals surface area (Å²) >= 11 is 0. The number of H-pyrrole nitrogens is 2. The zero-order valence-electron chi connectivity index (χ0n) is 59.9. The number of aliphatic hydroxyl groups excluding tert-OH is 2. The van der Waals surface area contributed by atoms with E-state index in [1.165, 1.54) is 19.4 Å². The number of para-hydroxylation sites is 1. The molecule has 2 aromatic carbocycles. The second-order valence-corrected chi connectivity index (χ2v) is 26.4. The number of hydrogen-bond acceptors (Lipinski definition) is 20. The number of carbonyl (C=O) groups excluding carboxylic acids is 14. The number of rotatable bonds is 32. The molecule has 4 aromatic rings.